The zero-order valence-corrected chi connectivity index (χ0v) is 22.6. The molecule has 2 unspecified atom stereocenters. The Hall–Kier alpha value is -3.19. The minimum Gasteiger partial charge on any atom is -0.384 e. The first-order valence-corrected chi connectivity index (χ1v) is 13.0. The summed E-state index contributed by atoms with van der Waals surface area (Å²) in [6.45, 7) is 3.22. The van der Waals surface area contributed by atoms with Crippen LogP contribution in [0, 0.1) is 29.5 Å². The summed E-state index contributed by atoms with van der Waals surface area (Å²) < 4.78 is 16.9. The Kier molecular flexibility index (Phi) is 6.62. The number of halogens is 2. The molecule has 2 fully saturated rings. The number of hydrogen-bond acceptors (Lipinski definition) is 5. The van der Waals surface area contributed by atoms with Gasteiger partial charge in [0.1, 0.15) is 28.4 Å². The number of benzene rings is 1. The second kappa shape index (κ2) is 9.53. The van der Waals surface area contributed by atoms with Crippen molar-refractivity contribution in [3.8, 4) is 11.8 Å². The van der Waals surface area contributed by atoms with Gasteiger partial charge in [-0.1, -0.05) is 17.5 Å². The van der Waals surface area contributed by atoms with Crippen LogP contribution in [0.3, 0.4) is 0 Å². The number of nitrogens with one attached hydrogen (secondary N) is 1. The lowest BCUT2D eigenvalue weighted by molar-refractivity contribution is 0.0263. The van der Waals surface area contributed by atoms with Gasteiger partial charge >= 0.3 is 0 Å². The van der Waals surface area contributed by atoms with E-state index < -0.39 is 17.0 Å². The van der Waals surface area contributed by atoms with Crippen molar-refractivity contribution in [3.63, 3.8) is 0 Å². The van der Waals surface area contributed by atoms with E-state index in [-0.39, 0.29) is 28.7 Å². The molecular formula is C28H31ClFN5O3. The van der Waals surface area contributed by atoms with Crippen molar-refractivity contribution in [2.75, 3.05) is 5.32 Å². The fraction of sp³-hybridized carbons (Fsp3) is 0.464. The van der Waals surface area contributed by atoms with E-state index in [1.54, 1.807) is 49.6 Å². The van der Waals surface area contributed by atoms with E-state index >= 15 is 0 Å². The third-order valence-corrected chi connectivity index (χ3v) is 7.93. The second-order valence-corrected chi connectivity index (χ2v) is 11.6. The summed E-state index contributed by atoms with van der Waals surface area (Å²) in [5.41, 5.74) is 0.710. The molecule has 3 N–H and O–H groups in total. The molecule has 2 atom stereocenters. The number of nitrogens with zero attached hydrogens (tertiary/aromatic N) is 4. The highest BCUT2D eigenvalue weighted by molar-refractivity contribution is 6.31. The Labute approximate surface area is 225 Å². The molecule has 3 aromatic rings. The van der Waals surface area contributed by atoms with Gasteiger partial charge in [0, 0.05) is 25.7 Å². The number of imidazole rings is 1. The third-order valence-electron chi connectivity index (χ3n) is 7.64. The van der Waals surface area contributed by atoms with E-state index in [0.29, 0.717) is 29.9 Å². The van der Waals surface area contributed by atoms with E-state index in [1.165, 1.54) is 18.2 Å². The molecule has 8 nitrogen and oxygen atoms in total. The normalized spacial score (nSPS) is 24.7. The van der Waals surface area contributed by atoms with Gasteiger partial charge in [-0.05, 0) is 81.6 Å². The first-order chi connectivity index (χ1) is 17.8. The highest BCUT2D eigenvalue weighted by Gasteiger charge is 2.51. The average molecular weight is 540 g/mol. The lowest BCUT2D eigenvalue weighted by Gasteiger charge is -2.25. The first-order valence-electron chi connectivity index (χ1n) is 12.6. The summed E-state index contributed by atoms with van der Waals surface area (Å²) in [5.74, 6) is 5.43. The molecule has 5 rings (SSSR count). The molecule has 10 heteroatoms. The van der Waals surface area contributed by atoms with Gasteiger partial charge in [-0.15, -0.1) is 0 Å². The van der Waals surface area contributed by atoms with E-state index in [1.807, 2.05) is 0 Å². The van der Waals surface area contributed by atoms with Crippen molar-refractivity contribution in [3.05, 3.63) is 64.2 Å². The van der Waals surface area contributed by atoms with Crippen LogP contribution in [0.5, 0.6) is 0 Å². The molecule has 38 heavy (non-hydrogen) atoms. The number of fused-ring (bicyclic) bond motifs is 1. The van der Waals surface area contributed by atoms with Gasteiger partial charge in [0.05, 0.1) is 22.7 Å². The number of carbonyl (C=O) groups excluding carboxylic acids is 1. The Morgan fingerprint density at radius 3 is 2.55 bits per heavy atom. The largest absolute Gasteiger partial charge is 0.384 e. The molecule has 0 aliphatic heterocycles. The Bertz CT molecular complexity index is 1450. The van der Waals surface area contributed by atoms with Gasteiger partial charge in [-0.2, -0.15) is 5.10 Å². The van der Waals surface area contributed by atoms with Crippen LogP contribution in [0.1, 0.15) is 73.0 Å². The fourth-order valence-electron chi connectivity index (χ4n) is 6.06. The number of anilines is 1. The van der Waals surface area contributed by atoms with Crippen LogP contribution >= 0.6 is 11.6 Å². The number of amides is 1. The van der Waals surface area contributed by atoms with Crippen LogP contribution in [0.4, 0.5) is 10.1 Å². The maximum absolute atomic E-state index is 13.5. The maximum Gasteiger partial charge on any atom is 0.274 e. The Balaban J connectivity index is 1.31. The number of aliphatic hydroxyl groups is 2. The summed E-state index contributed by atoms with van der Waals surface area (Å²) in [5, 5.41) is 28.7. The van der Waals surface area contributed by atoms with Gasteiger partial charge in [-0.3, -0.25) is 9.48 Å². The van der Waals surface area contributed by atoms with E-state index in [2.05, 4.69) is 27.2 Å². The van der Waals surface area contributed by atoms with Crippen molar-refractivity contribution in [1.29, 1.82) is 0 Å². The molecular weight excluding hydrogens is 509 g/mol. The molecule has 1 aromatic carbocycles. The molecule has 2 aliphatic carbocycles. The minimum atomic E-state index is -1.12. The zero-order valence-electron chi connectivity index (χ0n) is 21.8. The summed E-state index contributed by atoms with van der Waals surface area (Å²) in [7, 11) is 3.57. The SMILES string of the molecule is Cn1cnc(C2CC3CC(O)(c4cc(C#CC(C)(C)O)nn4C)CC3C2)c1C(=O)Nc1ccc(F)c(Cl)c1. The molecule has 2 aromatic heterocycles. The quantitative estimate of drug-likeness (QED) is 0.433. The van der Waals surface area contributed by atoms with Crippen molar-refractivity contribution in [2.45, 2.75) is 56.7 Å². The average Bonchev–Trinajstić information content (AvgIpc) is 3.56. The molecule has 2 aliphatic rings. The molecule has 0 saturated heterocycles. The van der Waals surface area contributed by atoms with Crippen LogP contribution in [0.25, 0.3) is 0 Å². The van der Waals surface area contributed by atoms with E-state index in [0.717, 1.165) is 24.2 Å². The molecule has 2 saturated carbocycles. The Morgan fingerprint density at radius 2 is 1.92 bits per heavy atom. The van der Waals surface area contributed by atoms with Crippen molar-refractivity contribution >= 4 is 23.2 Å². The standard InChI is InChI=1S/C28H31ClFN5O3/c1-27(2,37)8-7-20-12-23(35(4)33-20)28(38)13-17-9-16(10-18(17)14-28)24-25(34(3)15-31-24)26(36)32-19-5-6-22(30)21(29)11-19/h5-6,11-12,15-18,37-38H,9-10,13-14H2,1-4H3,(H,32,36). The lowest BCUT2D eigenvalue weighted by Crippen LogP contribution is -2.26. The van der Waals surface area contributed by atoms with Crippen molar-refractivity contribution in [1.82, 2.24) is 19.3 Å². The zero-order chi connectivity index (χ0) is 27.4. The van der Waals surface area contributed by atoms with Crippen LogP contribution < -0.4 is 5.32 Å². The fourth-order valence-corrected chi connectivity index (χ4v) is 6.24. The van der Waals surface area contributed by atoms with Gasteiger partial charge in [0.2, 0.25) is 0 Å². The first kappa shape index (κ1) is 26.4. The minimum absolute atomic E-state index is 0.0612. The summed E-state index contributed by atoms with van der Waals surface area (Å²) in [6, 6.07) is 5.87. The summed E-state index contributed by atoms with van der Waals surface area (Å²) >= 11 is 5.87. The van der Waals surface area contributed by atoms with Crippen LogP contribution in [-0.2, 0) is 19.7 Å². The number of hydrogen-bond donors (Lipinski definition) is 3. The molecule has 0 spiro atoms. The summed E-state index contributed by atoms with van der Waals surface area (Å²) in [4.78, 5) is 17.7. The van der Waals surface area contributed by atoms with Crippen LogP contribution in [0.15, 0.2) is 30.6 Å². The predicted octanol–water partition coefficient (Wildman–Crippen LogP) is 4.11. The second-order valence-electron chi connectivity index (χ2n) is 11.1. The smallest absolute Gasteiger partial charge is 0.274 e. The van der Waals surface area contributed by atoms with Crippen LogP contribution in [-0.4, -0.2) is 41.1 Å². The highest BCUT2D eigenvalue weighted by Crippen LogP contribution is 2.56. The van der Waals surface area contributed by atoms with Gasteiger partial charge in [0.15, 0.2) is 0 Å². The number of aromatic nitrogens is 4. The van der Waals surface area contributed by atoms with Crippen molar-refractivity contribution in [2.24, 2.45) is 25.9 Å². The molecule has 0 bridgehead atoms. The predicted molar refractivity (Wildman–Crippen MR) is 141 cm³/mol. The maximum atomic E-state index is 13.5. The van der Waals surface area contributed by atoms with Gasteiger partial charge < -0.3 is 20.1 Å². The lowest BCUT2D eigenvalue weighted by atomic mass is 9.90. The van der Waals surface area contributed by atoms with E-state index in [4.69, 9.17) is 11.6 Å². The highest BCUT2D eigenvalue weighted by atomic mass is 35.5. The molecule has 200 valence electrons. The molecule has 1 amide bonds. The number of carbonyl (C=O) groups is 1. The number of rotatable bonds is 4. The van der Waals surface area contributed by atoms with Gasteiger partial charge in [0.25, 0.3) is 5.91 Å². The third kappa shape index (κ3) is 5.08. The molecule has 0 radical (unpaired) electrons. The molecule has 2 heterocycles. The van der Waals surface area contributed by atoms with Gasteiger partial charge in [-0.25, -0.2) is 9.37 Å². The van der Waals surface area contributed by atoms with Crippen molar-refractivity contribution < 1.29 is 19.4 Å². The summed E-state index contributed by atoms with van der Waals surface area (Å²) in [6.07, 6.45) is 4.45. The monoisotopic (exact) mass is 539 g/mol. The Morgan fingerprint density at radius 1 is 1.24 bits per heavy atom. The number of aryl methyl sites for hydroxylation is 2. The topological polar surface area (TPSA) is 105 Å². The van der Waals surface area contributed by atoms with E-state index in [9.17, 15) is 19.4 Å². The van der Waals surface area contributed by atoms with Crippen LogP contribution in [0.2, 0.25) is 5.02 Å².